The molecule has 0 fully saturated rings. The van der Waals surface area contributed by atoms with Gasteiger partial charge < -0.3 is 10.6 Å². The molecule has 0 aliphatic carbocycles. The zero-order chi connectivity index (χ0) is 15.2. The van der Waals surface area contributed by atoms with Crippen LogP contribution >= 0.6 is 24.0 Å². The quantitative estimate of drug-likeness (QED) is 0.496. The number of nitrogens with one attached hydrogen (secondary N) is 2. The van der Waals surface area contributed by atoms with Gasteiger partial charge >= 0.3 is 0 Å². The van der Waals surface area contributed by atoms with Crippen LogP contribution < -0.4 is 10.6 Å². The normalized spacial score (nSPS) is 10.0. The van der Waals surface area contributed by atoms with E-state index < -0.39 is 0 Å². The summed E-state index contributed by atoms with van der Waals surface area (Å²) in [5, 5.41) is 6.81. The van der Waals surface area contributed by atoms with Crippen molar-refractivity contribution >= 4 is 46.3 Å². The molecular weight excluding hydrogens is 300 g/mol. The van der Waals surface area contributed by atoms with Crippen LogP contribution in [0.2, 0.25) is 0 Å². The van der Waals surface area contributed by atoms with Crippen molar-refractivity contribution < 1.29 is 4.79 Å². The van der Waals surface area contributed by atoms with Crippen molar-refractivity contribution in [3.63, 3.8) is 0 Å². The molecule has 0 aromatic heterocycles. The summed E-state index contributed by atoms with van der Waals surface area (Å²) in [5.41, 5.74) is 2.51. The molecule has 0 amide bonds. The third-order valence-corrected chi connectivity index (χ3v) is 3.90. The van der Waals surface area contributed by atoms with Gasteiger partial charge in [-0.25, -0.2) is 0 Å². The lowest BCUT2D eigenvalue weighted by molar-refractivity contribution is 0.101. The van der Waals surface area contributed by atoms with Gasteiger partial charge in [0.2, 0.25) is 0 Å². The summed E-state index contributed by atoms with van der Waals surface area (Å²) >= 11 is 6.97. The van der Waals surface area contributed by atoms with Gasteiger partial charge in [-0.2, -0.15) is 0 Å². The van der Waals surface area contributed by atoms with E-state index in [0.29, 0.717) is 10.7 Å². The van der Waals surface area contributed by atoms with Crippen LogP contribution in [0, 0.1) is 0 Å². The van der Waals surface area contributed by atoms with Crippen LogP contribution in [0.25, 0.3) is 0 Å². The van der Waals surface area contributed by atoms with Gasteiger partial charge in [-0.15, -0.1) is 11.8 Å². The molecule has 0 unspecified atom stereocenters. The Morgan fingerprint density at radius 3 is 2.33 bits per heavy atom. The summed E-state index contributed by atoms with van der Waals surface area (Å²) in [5.74, 6) is 0.0520. The zero-order valence-electron chi connectivity index (χ0n) is 11.8. The fourth-order valence-corrected chi connectivity index (χ4v) is 2.60. The molecule has 2 aromatic carbocycles. The van der Waals surface area contributed by atoms with E-state index in [1.165, 1.54) is 0 Å². The standard InChI is InChI=1S/C16H16N2OS2/c1-11(19)12-7-9-13(10-8-12)17-16(20)18-14-5-3-4-6-15(14)21-2/h3-10H,1-2H3,(H2,17,18,20). The van der Waals surface area contributed by atoms with Crippen LogP contribution in [0.3, 0.4) is 0 Å². The summed E-state index contributed by atoms with van der Waals surface area (Å²) in [6.45, 7) is 1.55. The molecule has 0 aliphatic rings. The van der Waals surface area contributed by atoms with E-state index in [1.54, 1.807) is 30.8 Å². The maximum Gasteiger partial charge on any atom is 0.175 e. The Morgan fingerprint density at radius 2 is 1.71 bits per heavy atom. The highest BCUT2D eigenvalue weighted by Crippen LogP contribution is 2.24. The van der Waals surface area contributed by atoms with Crippen molar-refractivity contribution in [2.24, 2.45) is 0 Å². The Bertz CT molecular complexity index is 654. The first kappa shape index (κ1) is 15.5. The number of carbonyl (C=O) groups is 1. The molecular formula is C16H16N2OS2. The van der Waals surface area contributed by atoms with Crippen molar-refractivity contribution in [1.82, 2.24) is 0 Å². The molecule has 3 nitrogen and oxygen atoms in total. The Kier molecular flexibility index (Phi) is 5.36. The molecule has 0 spiro atoms. The number of Topliss-reactive ketones (excluding diaryl/α,β-unsaturated/α-hetero) is 1. The lowest BCUT2D eigenvalue weighted by Crippen LogP contribution is -2.19. The average Bonchev–Trinajstić information content (AvgIpc) is 2.48. The monoisotopic (exact) mass is 316 g/mol. The van der Waals surface area contributed by atoms with Crippen LogP contribution in [0.15, 0.2) is 53.4 Å². The Labute approximate surface area is 134 Å². The second-order valence-corrected chi connectivity index (χ2v) is 5.67. The minimum absolute atomic E-state index is 0.0520. The number of hydrogen-bond donors (Lipinski definition) is 2. The third kappa shape index (κ3) is 4.31. The van der Waals surface area contributed by atoms with Gasteiger partial charge in [0, 0.05) is 16.1 Å². The van der Waals surface area contributed by atoms with Crippen LogP contribution in [0.1, 0.15) is 17.3 Å². The second-order valence-electron chi connectivity index (χ2n) is 4.41. The van der Waals surface area contributed by atoms with E-state index in [4.69, 9.17) is 12.2 Å². The van der Waals surface area contributed by atoms with Crippen LogP contribution in [-0.4, -0.2) is 17.2 Å². The van der Waals surface area contributed by atoms with E-state index in [0.717, 1.165) is 16.3 Å². The SMILES string of the molecule is CSc1ccccc1NC(=S)Nc1ccc(C(C)=O)cc1. The topological polar surface area (TPSA) is 41.1 Å². The Morgan fingerprint density at radius 1 is 1.05 bits per heavy atom. The summed E-state index contributed by atoms with van der Waals surface area (Å²) < 4.78 is 0. The van der Waals surface area contributed by atoms with E-state index in [-0.39, 0.29) is 5.78 Å². The molecule has 0 heterocycles. The van der Waals surface area contributed by atoms with E-state index >= 15 is 0 Å². The smallest absolute Gasteiger partial charge is 0.175 e. The first-order valence-electron chi connectivity index (χ1n) is 6.42. The molecule has 0 atom stereocenters. The number of rotatable bonds is 4. The van der Waals surface area contributed by atoms with Crippen molar-refractivity contribution in [1.29, 1.82) is 0 Å². The number of benzene rings is 2. The first-order valence-corrected chi connectivity index (χ1v) is 8.05. The molecule has 2 aromatic rings. The fraction of sp³-hybridized carbons (Fsp3) is 0.125. The molecule has 0 radical (unpaired) electrons. The van der Waals surface area contributed by atoms with E-state index in [2.05, 4.69) is 10.6 Å². The fourth-order valence-electron chi connectivity index (χ4n) is 1.82. The molecule has 0 saturated carbocycles. The number of para-hydroxylation sites is 1. The number of hydrogen-bond acceptors (Lipinski definition) is 3. The Balaban J connectivity index is 2.03. The second kappa shape index (κ2) is 7.24. The van der Waals surface area contributed by atoms with Gasteiger partial charge in [-0.05, 0) is 61.8 Å². The van der Waals surface area contributed by atoms with Crippen molar-refractivity contribution in [2.75, 3.05) is 16.9 Å². The molecule has 5 heteroatoms. The van der Waals surface area contributed by atoms with Crippen molar-refractivity contribution in [2.45, 2.75) is 11.8 Å². The zero-order valence-corrected chi connectivity index (χ0v) is 13.5. The summed E-state index contributed by atoms with van der Waals surface area (Å²) in [6, 6.07) is 15.2. The molecule has 0 aliphatic heterocycles. The molecule has 21 heavy (non-hydrogen) atoms. The predicted octanol–water partition coefficient (Wildman–Crippen LogP) is 4.42. The molecule has 2 rings (SSSR count). The maximum atomic E-state index is 11.2. The van der Waals surface area contributed by atoms with Gasteiger partial charge in [0.1, 0.15) is 0 Å². The average molecular weight is 316 g/mol. The minimum Gasteiger partial charge on any atom is -0.332 e. The Hall–Kier alpha value is -1.85. The molecule has 0 saturated heterocycles. The summed E-state index contributed by atoms with van der Waals surface area (Å²) in [7, 11) is 0. The van der Waals surface area contributed by atoms with Crippen molar-refractivity contribution in [3.8, 4) is 0 Å². The van der Waals surface area contributed by atoms with Crippen LogP contribution in [0.4, 0.5) is 11.4 Å². The largest absolute Gasteiger partial charge is 0.332 e. The highest BCUT2D eigenvalue weighted by atomic mass is 32.2. The predicted molar refractivity (Wildman–Crippen MR) is 94.5 cm³/mol. The maximum absolute atomic E-state index is 11.2. The third-order valence-electron chi connectivity index (χ3n) is 2.90. The van der Waals surface area contributed by atoms with Gasteiger partial charge in [-0.1, -0.05) is 12.1 Å². The molecule has 0 bridgehead atoms. The van der Waals surface area contributed by atoms with Crippen LogP contribution in [-0.2, 0) is 0 Å². The summed E-state index contributed by atoms with van der Waals surface area (Å²) in [4.78, 5) is 12.4. The minimum atomic E-state index is 0.0520. The number of carbonyl (C=O) groups excluding carboxylic acids is 1. The van der Waals surface area contributed by atoms with Crippen molar-refractivity contribution in [3.05, 3.63) is 54.1 Å². The highest BCUT2D eigenvalue weighted by molar-refractivity contribution is 7.98. The number of ketones is 1. The number of anilines is 2. The van der Waals surface area contributed by atoms with E-state index in [1.807, 2.05) is 42.7 Å². The first-order chi connectivity index (χ1) is 10.1. The van der Waals surface area contributed by atoms with Gasteiger partial charge in [0.25, 0.3) is 0 Å². The number of thiocarbonyl (C=S) groups is 1. The lowest BCUT2D eigenvalue weighted by atomic mass is 10.1. The van der Waals surface area contributed by atoms with Gasteiger partial charge in [-0.3, -0.25) is 4.79 Å². The highest BCUT2D eigenvalue weighted by Gasteiger charge is 2.04. The number of thioether (sulfide) groups is 1. The molecule has 108 valence electrons. The lowest BCUT2D eigenvalue weighted by Gasteiger charge is -2.13. The van der Waals surface area contributed by atoms with Gasteiger partial charge in [0.05, 0.1) is 5.69 Å². The van der Waals surface area contributed by atoms with E-state index in [9.17, 15) is 4.79 Å². The summed E-state index contributed by atoms with van der Waals surface area (Å²) in [6.07, 6.45) is 2.03. The molecule has 2 N–H and O–H groups in total. The van der Waals surface area contributed by atoms with Gasteiger partial charge in [0.15, 0.2) is 10.9 Å². The van der Waals surface area contributed by atoms with Crippen LogP contribution in [0.5, 0.6) is 0 Å².